The van der Waals surface area contributed by atoms with Crippen LogP contribution >= 0.6 is 0 Å². The van der Waals surface area contributed by atoms with Crippen molar-refractivity contribution < 1.29 is 67.0 Å². The zero-order chi connectivity index (χ0) is 8.69. The molecule has 13 heavy (non-hydrogen) atoms. The molecule has 0 aliphatic heterocycles. The predicted octanol–water partition coefficient (Wildman–Crippen LogP) is -7.90. The van der Waals surface area contributed by atoms with Gasteiger partial charge in [-0.15, -0.1) is 0 Å². The largest absolute Gasteiger partial charge is 1.00 e. The summed E-state index contributed by atoms with van der Waals surface area (Å²) in [5, 5.41) is 19.2. The molecule has 6 nitrogen and oxygen atoms in total. The van der Waals surface area contributed by atoms with Crippen molar-refractivity contribution in [3.63, 3.8) is 0 Å². The average Bonchev–Trinajstić information content (AvgIpc) is 1.85. The summed E-state index contributed by atoms with van der Waals surface area (Å²) in [6.07, 6.45) is -3.13. The summed E-state index contributed by atoms with van der Waals surface area (Å²) in [7, 11) is 0. The Morgan fingerprint density at radius 2 is 1.23 bits per heavy atom. The van der Waals surface area contributed by atoms with Gasteiger partial charge in [-0.1, -0.05) is 0 Å². The molecule has 0 aromatic carbocycles. The van der Waals surface area contributed by atoms with Gasteiger partial charge in [0.15, 0.2) is 0 Å². The van der Waals surface area contributed by atoms with Crippen molar-refractivity contribution in [1.29, 1.82) is 0 Å². The molecule has 0 aromatic rings. The minimum absolute atomic E-state index is 0. The molecule has 0 rings (SSSR count). The van der Waals surface area contributed by atoms with Crippen LogP contribution in [0.3, 0.4) is 0 Å². The summed E-state index contributed by atoms with van der Waals surface area (Å²) in [4.78, 5) is 19.2. The standard InChI is InChI=1S/C5H8O6.2Li/c6-4(7)10-2-1-3-11-5(8)9;;/h1-3H2,(H,6,7)(H,8,9);;/q;2*+1/p-2. The molecule has 0 bridgehead atoms. The van der Waals surface area contributed by atoms with E-state index in [-0.39, 0.29) is 57.4 Å². The van der Waals surface area contributed by atoms with Crippen molar-refractivity contribution in [2.75, 3.05) is 13.2 Å². The van der Waals surface area contributed by atoms with Crippen LogP contribution < -0.4 is 47.9 Å². The van der Waals surface area contributed by atoms with E-state index in [9.17, 15) is 19.8 Å². The summed E-state index contributed by atoms with van der Waals surface area (Å²) in [5.74, 6) is 0. The molecule has 0 spiro atoms. The van der Waals surface area contributed by atoms with E-state index in [0.717, 1.165) is 0 Å². The van der Waals surface area contributed by atoms with E-state index >= 15 is 0 Å². The molecule has 0 amide bonds. The zero-order valence-corrected chi connectivity index (χ0v) is 7.57. The Kier molecular flexibility index (Phi) is 16.7. The van der Waals surface area contributed by atoms with Gasteiger partial charge in [-0.05, 0) is 6.42 Å². The van der Waals surface area contributed by atoms with Gasteiger partial charge in [-0.3, -0.25) is 0 Å². The number of hydrogen-bond acceptors (Lipinski definition) is 6. The van der Waals surface area contributed by atoms with Gasteiger partial charge in [0.25, 0.3) is 12.3 Å². The molecule has 64 valence electrons. The minimum Gasteiger partial charge on any atom is -0.550 e. The first kappa shape index (κ1) is 18.5. The van der Waals surface area contributed by atoms with E-state index < -0.39 is 12.3 Å². The van der Waals surface area contributed by atoms with E-state index in [1.807, 2.05) is 0 Å². The van der Waals surface area contributed by atoms with Crippen LogP contribution in [0, 0.1) is 0 Å². The average molecular weight is 176 g/mol. The van der Waals surface area contributed by atoms with Crippen LogP contribution in [0.15, 0.2) is 0 Å². The van der Waals surface area contributed by atoms with Crippen molar-refractivity contribution >= 4 is 12.3 Å². The number of rotatable bonds is 4. The van der Waals surface area contributed by atoms with Crippen LogP contribution in [0.5, 0.6) is 0 Å². The topological polar surface area (TPSA) is 98.7 Å². The Balaban J connectivity index is -0.000000500. The van der Waals surface area contributed by atoms with Crippen molar-refractivity contribution in [3.8, 4) is 0 Å². The van der Waals surface area contributed by atoms with Crippen LogP contribution in [0.25, 0.3) is 0 Å². The number of carboxylic acid groups (broad SMARTS) is 2. The van der Waals surface area contributed by atoms with Gasteiger partial charge in [0.2, 0.25) is 0 Å². The Labute approximate surface area is 98.9 Å². The van der Waals surface area contributed by atoms with Gasteiger partial charge in [0, 0.05) is 13.2 Å². The van der Waals surface area contributed by atoms with E-state index in [0.29, 0.717) is 0 Å². The van der Waals surface area contributed by atoms with Crippen molar-refractivity contribution in [2.45, 2.75) is 6.42 Å². The quantitative estimate of drug-likeness (QED) is 0.239. The smallest absolute Gasteiger partial charge is 0.550 e. The second-order valence-corrected chi connectivity index (χ2v) is 1.55. The van der Waals surface area contributed by atoms with Gasteiger partial charge < -0.3 is 29.3 Å². The van der Waals surface area contributed by atoms with Gasteiger partial charge in [-0.2, -0.15) is 0 Å². The van der Waals surface area contributed by atoms with Gasteiger partial charge in [0.1, 0.15) is 0 Å². The molecule has 0 unspecified atom stereocenters. The maximum Gasteiger partial charge on any atom is 1.00 e. The number of carbonyl (C=O) groups is 2. The first-order valence-electron chi connectivity index (χ1n) is 2.80. The first-order valence-corrected chi connectivity index (χ1v) is 2.80. The molecule has 8 heteroatoms. The molecule has 0 heterocycles. The van der Waals surface area contributed by atoms with Crippen LogP contribution in [0.4, 0.5) is 9.59 Å². The summed E-state index contributed by atoms with van der Waals surface area (Å²) in [5.41, 5.74) is 0. The molecule has 0 radical (unpaired) electrons. The fraction of sp³-hybridized carbons (Fsp3) is 0.600. The molecule has 0 N–H and O–H groups in total. The number of ether oxygens (including phenoxy) is 2. The Morgan fingerprint density at radius 3 is 1.46 bits per heavy atom. The van der Waals surface area contributed by atoms with Crippen LogP contribution in [0.1, 0.15) is 6.42 Å². The molecular formula is C5H6Li2O6. The maximum absolute atomic E-state index is 9.59. The van der Waals surface area contributed by atoms with Crippen molar-refractivity contribution in [1.82, 2.24) is 0 Å². The number of carbonyl (C=O) groups excluding carboxylic acids is 2. The minimum atomic E-state index is -1.64. The van der Waals surface area contributed by atoms with E-state index in [1.165, 1.54) is 0 Å². The Bertz CT molecular complexity index is 134. The molecule has 0 atom stereocenters. The molecule has 0 aromatic heterocycles. The van der Waals surface area contributed by atoms with E-state index in [4.69, 9.17) is 0 Å². The van der Waals surface area contributed by atoms with Crippen molar-refractivity contribution in [3.05, 3.63) is 0 Å². The molecule has 0 aliphatic carbocycles. The molecule has 0 saturated carbocycles. The molecular weight excluding hydrogens is 170 g/mol. The maximum atomic E-state index is 9.59. The zero-order valence-electron chi connectivity index (χ0n) is 7.57. The van der Waals surface area contributed by atoms with E-state index in [2.05, 4.69) is 9.47 Å². The summed E-state index contributed by atoms with van der Waals surface area (Å²) in [6.45, 7) is -0.286. The third-order valence-electron chi connectivity index (χ3n) is 0.729. The van der Waals surface area contributed by atoms with Gasteiger partial charge >= 0.3 is 37.7 Å². The second kappa shape index (κ2) is 11.7. The Morgan fingerprint density at radius 1 is 0.923 bits per heavy atom. The van der Waals surface area contributed by atoms with E-state index in [1.54, 1.807) is 0 Å². The summed E-state index contributed by atoms with van der Waals surface area (Å²) < 4.78 is 7.87. The third-order valence-corrected chi connectivity index (χ3v) is 0.729. The fourth-order valence-electron chi connectivity index (χ4n) is 0.370. The molecule has 0 fully saturated rings. The predicted molar refractivity (Wildman–Crippen MR) is 27.3 cm³/mol. The Hall–Kier alpha value is -0.265. The second-order valence-electron chi connectivity index (χ2n) is 1.55. The van der Waals surface area contributed by atoms with Crippen molar-refractivity contribution in [2.24, 2.45) is 0 Å². The number of hydrogen-bond donors (Lipinski definition) is 0. The molecule has 0 saturated heterocycles. The van der Waals surface area contributed by atoms with Crippen LogP contribution in [-0.4, -0.2) is 25.5 Å². The molecule has 0 aliphatic rings. The monoisotopic (exact) mass is 176 g/mol. The van der Waals surface area contributed by atoms with Crippen LogP contribution in [-0.2, 0) is 9.47 Å². The third kappa shape index (κ3) is 18.6. The van der Waals surface area contributed by atoms with Crippen LogP contribution in [0.2, 0.25) is 0 Å². The normalized spacial score (nSPS) is 7.38. The van der Waals surface area contributed by atoms with Gasteiger partial charge in [0.05, 0.1) is 0 Å². The van der Waals surface area contributed by atoms with Gasteiger partial charge in [-0.25, -0.2) is 0 Å². The first-order chi connectivity index (χ1) is 5.13. The summed E-state index contributed by atoms with van der Waals surface area (Å²) in [6, 6.07) is 0. The summed E-state index contributed by atoms with van der Waals surface area (Å²) >= 11 is 0. The SMILES string of the molecule is O=C([O-])OCCCOC(=O)[O-].[Li+].[Li+]. The fourth-order valence-corrected chi connectivity index (χ4v) is 0.370.